The van der Waals surface area contributed by atoms with Gasteiger partial charge in [0.15, 0.2) is 0 Å². The molecule has 0 saturated heterocycles. The molecule has 0 aliphatic heterocycles. The SMILES string of the molecule is Cn1ncc(Br)c1C(NN)c1ccc(I)c(Cl)c1. The van der Waals surface area contributed by atoms with E-state index in [9.17, 15) is 0 Å². The van der Waals surface area contributed by atoms with E-state index in [2.05, 4.69) is 49.0 Å². The number of benzene rings is 1. The van der Waals surface area contributed by atoms with Gasteiger partial charge in [0.2, 0.25) is 0 Å². The molecule has 3 N–H and O–H groups in total. The van der Waals surface area contributed by atoms with Gasteiger partial charge in [0.05, 0.1) is 27.4 Å². The van der Waals surface area contributed by atoms with Crippen LogP contribution in [0, 0.1) is 3.57 Å². The van der Waals surface area contributed by atoms with Crippen LogP contribution in [0.2, 0.25) is 5.02 Å². The lowest BCUT2D eigenvalue weighted by atomic mass is 10.0. The number of nitrogens with one attached hydrogen (secondary N) is 1. The Labute approximate surface area is 132 Å². The van der Waals surface area contributed by atoms with Gasteiger partial charge in [0.25, 0.3) is 0 Å². The Hall–Kier alpha value is -0.150. The molecule has 1 unspecified atom stereocenters. The lowest BCUT2D eigenvalue weighted by Gasteiger charge is -2.18. The Morgan fingerprint density at radius 1 is 1.56 bits per heavy atom. The fourth-order valence-corrected chi connectivity index (χ4v) is 2.87. The van der Waals surface area contributed by atoms with Crippen molar-refractivity contribution in [2.75, 3.05) is 0 Å². The highest BCUT2D eigenvalue weighted by atomic mass is 127. The lowest BCUT2D eigenvalue weighted by Crippen LogP contribution is -2.30. The number of hydrogen-bond acceptors (Lipinski definition) is 3. The second-order valence-electron chi connectivity index (χ2n) is 3.77. The maximum absolute atomic E-state index is 6.15. The van der Waals surface area contributed by atoms with Crippen LogP contribution >= 0.6 is 50.1 Å². The number of aromatic nitrogens is 2. The van der Waals surface area contributed by atoms with Crippen LogP contribution in [-0.2, 0) is 7.05 Å². The van der Waals surface area contributed by atoms with Crippen LogP contribution in [0.5, 0.6) is 0 Å². The van der Waals surface area contributed by atoms with Crippen molar-refractivity contribution in [3.05, 3.63) is 48.7 Å². The van der Waals surface area contributed by atoms with Crippen LogP contribution in [0.25, 0.3) is 0 Å². The van der Waals surface area contributed by atoms with E-state index in [-0.39, 0.29) is 6.04 Å². The summed E-state index contributed by atoms with van der Waals surface area (Å²) in [6.45, 7) is 0. The Morgan fingerprint density at radius 2 is 2.28 bits per heavy atom. The van der Waals surface area contributed by atoms with Crippen molar-refractivity contribution < 1.29 is 0 Å². The molecule has 0 saturated carbocycles. The van der Waals surface area contributed by atoms with Gasteiger partial charge in [-0.1, -0.05) is 17.7 Å². The number of aryl methyl sites for hydroxylation is 1. The molecule has 0 radical (unpaired) electrons. The number of halogens is 3. The molecule has 4 nitrogen and oxygen atoms in total. The first-order chi connectivity index (χ1) is 8.54. The molecule has 0 bridgehead atoms. The van der Waals surface area contributed by atoms with Crippen molar-refractivity contribution in [2.24, 2.45) is 12.9 Å². The molecule has 1 aromatic carbocycles. The predicted octanol–water partition coefficient (Wildman–Crippen LogP) is 2.99. The van der Waals surface area contributed by atoms with E-state index in [1.165, 1.54) is 0 Å². The third-order valence-corrected chi connectivity index (χ3v) is 4.84. The van der Waals surface area contributed by atoms with Gasteiger partial charge in [-0.15, -0.1) is 0 Å². The third kappa shape index (κ3) is 2.72. The van der Waals surface area contributed by atoms with Crippen LogP contribution in [0.15, 0.2) is 28.9 Å². The van der Waals surface area contributed by atoms with Crippen molar-refractivity contribution in [1.82, 2.24) is 15.2 Å². The van der Waals surface area contributed by atoms with Gasteiger partial charge < -0.3 is 0 Å². The normalized spacial score (nSPS) is 12.7. The smallest absolute Gasteiger partial charge is 0.0890 e. The van der Waals surface area contributed by atoms with Gasteiger partial charge >= 0.3 is 0 Å². The first-order valence-corrected chi connectivity index (χ1v) is 7.38. The minimum atomic E-state index is -0.165. The number of hydrogen-bond donors (Lipinski definition) is 2. The Morgan fingerprint density at radius 3 is 2.78 bits per heavy atom. The van der Waals surface area contributed by atoms with Crippen molar-refractivity contribution in [3.8, 4) is 0 Å². The largest absolute Gasteiger partial charge is 0.271 e. The quantitative estimate of drug-likeness (QED) is 0.438. The van der Waals surface area contributed by atoms with Gasteiger partial charge in [0, 0.05) is 10.6 Å². The molecule has 0 aliphatic rings. The van der Waals surface area contributed by atoms with Gasteiger partial charge in [-0.25, -0.2) is 5.43 Å². The van der Waals surface area contributed by atoms with E-state index in [0.717, 1.165) is 19.3 Å². The number of hydrazine groups is 1. The van der Waals surface area contributed by atoms with E-state index < -0.39 is 0 Å². The third-order valence-electron chi connectivity index (χ3n) is 2.65. The number of nitrogens with zero attached hydrogens (tertiary/aromatic N) is 2. The summed E-state index contributed by atoms with van der Waals surface area (Å²) >= 11 is 11.8. The molecular formula is C11H11BrClIN4. The molecule has 18 heavy (non-hydrogen) atoms. The molecule has 1 atom stereocenters. The van der Waals surface area contributed by atoms with Crippen molar-refractivity contribution in [2.45, 2.75) is 6.04 Å². The topological polar surface area (TPSA) is 55.9 Å². The summed E-state index contributed by atoms with van der Waals surface area (Å²) in [4.78, 5) is 0. The second-order valence-corrected chi connectivity index (χ2v) is 6.20. The average Bonchev–Trinajstić information content (AvgIpc) is 2.66. The molecule has 96 valence electrons. The molecular weight excluding hydrogens is 430 g/mol. The first kappa shape index (κ1) is 14.3. The van der Waals surface area contributed by atoms with Crippen LogP contribution in [0.1, 0.15) is 17.3 Å². The van der Waals surface area contributed by atoms with Crippen LogP contribution < -0.4 is 11.3 Å². The fourth-order valence-electron chi connectivity index (χ4n) is 1.77. The van der Waals surface area contributed by atoms with E-state index in [0.29, 0.717) is 5.02 Å². The molecule has 0 aliphatic carbocycles. The summed E-state index contributed by atoms with van der Waals surface area (Å²) in [6, 6.07) is 5.71. The molecule has 0 spiro atoms. The highest BCUT2D eigenvalue weighted by Gasteiger charge is 2.20. The van der Waals surface area contributed by atoms with Gasteiger partial charge in [0.1, 0.15) is 0 Å². The number of rotatable bonds is 3. The van der Waals surface area contributed by atoms with Gasteiger partial charge in [-0.2, -0.15) is 5.10 Å². The first-order valence-electron chi connectivity index (χ1n) is 5.13. The molecule has 1 heterocycles. The minimum Gasteiger partial charge on any atom is -0.271 e. The van der Waals surface area contributed by atoms with Crippen molar-refractivity contribution in [1.29, 1.82) is 0 Å². The van der Waals surface area contributed by atoms with Crippen LogP contribution in [-0.4, -0.2) is 9.78 Å². The summed E-state index contributed by atoms with van der Waals surface area (Å²) in [6.07, 6.45) is 1.74. The second kappa shape index (κ2) is 5.87. The summed E-state index contributed by atoms with van der Waals surface area (Å²) < 4.78 is 3.70. The molecule has 1 aromatic heterocycles. The summed E-state index contributed by atoms with van der Waals surface area (Å²) in [5.74, 6) is 5.67. The van der Waals surface area contributed by atoms with E-state index >= 15 is 0 Å². The zero-order valence-corrected chi connectivity index (χ0v) is 14.0. The molecule has 0 fully saturated rings. The maximum atomic E-state index is 6.15. The van der Waals surface area contributed by atoms with Gasteiger partial charge in [-0.3, -0.25) is 10.5 Å². The Balaban J connectivity index is 2.48. The average molecular weight is 441 g/mol. The van der Waals surface area contributed by atoms with E-state index in [4.69, 9.17) is 17.4 Å². The van der Waals surface area contributed by atoms with Gasteiger partial charge in [-0.05, 0) is 56.2 Å². The Bertz CT molecular complexity index is 553. The van der Waals surface area contributed by atoms with Crippen LogP contribution in [0.3, 0.4) is 0 Å². The maximum Gasteiger partial charge on any atom is 0.0890 e. The number of nitrogens with two attached hydrogens (primary N) is 1. The molecule has 2 aromatic rings. The van der Waals surface area contributed by atoms with Crippen LogP contribution in [0.4, 0.5) is 0 Å². The monoisotopic (exact) mass is 440 g/mol. The summed E-state index contributed by atoms with van der Waals surface area (Å²) in [7, 11) is 1.87. The van der Waals surface area contributed by atoms with Crippen molar-refractivity contribution in [3.63, 3.8) is 0 Å². The van der Waals surface area contributed by atoms with E-state index in [1.54, 1.807) is 10.9 Å². The zero-order chi connectivity index (χ0) is 13.3. The standard InChI is InChI=1S/C11H11BrClIN4/c1-18-11(7(12)5-16-18)10(17-15)6-2-3-9(14)8(13)4-6/h2-5,10,17H,15H2,1H3. The predicted molar refractivity (Wildman–Crippen MR) is 84.2 cm³/mol. The summed E-state index contributed by atoms with van der Waals surface area (Å²) in [5, 5.41) is 4.90. The molecule has 0 amide bonds. The fraction of sp³-hybridized carbons (Fsp3) is 0.182. The van der Waals surface area contributed by atoms with Crippen molar-refractivity contribution >= 4 is 50.1 Å². The molecule has 7 heteroatoms. The highest BCUT2D eigenvalue weighted by molar-refractivity contribution is 14.1. The highest BCUT2D eigenvalue weighted by Crippen LogP contribution is 2.30. The lowest BCUT2D eigenvalue weighted by molar-refractivity contribution is 0.573. The zero-order valence-electron chi connectivity index (χ0n) is 9.49. The van der Waals surface area contributed by atoms with E-state index in [1.807, 2.05) is 25.2 Å². The Kier molecular flexibility index (Phi) is 4.65. The summed E-state index contributed by atoms with van der Waals surface area (Å²) in [5.41, 5.74) is 4.74. The molecule has 2 rings (SSSR count). The minimum absolute atomic E-state index is 0.165.